The van der Waals surface area contributed by atoms with Gasteiger partial charge in [0.05, 0.1) is 18.7 Å². The number of hydrogen-bond donors (Lipinski definition) is 4. The first kappa shape index (κ1) is 19.0. The van der Waals surface area contributed by atoms with Gasteiger partial charge in [0, 0.05) is 23.7 Å². The molecular formula is C18H22N4O2S. The predicted octanol–water partition coefficient (Wildman–Crippen LogP) is 3.18. The topological polar surface area (TPSA) is 79.3 Å². The zero-order valence-corrected chi connectivity index (χ0v) is 15.1. The molecule has 0 aliphatic rings. The van der Waals surface area contributed by atoms with Crippen LogP contribution in [0.25, 0.3) is 10.9 Å². The Bertz CT molecular complexity index is 784. The average molecular weight is 358 g/mol. The van der Waals surface area contributed by atoms with E-state index in [9.17, 15) is 0 Å². The molecule has 0 fully saturated rings. The molecule has 6 nitrogen and oxygen atoms in total. The van der Waals surface area contributed by atoms with Gasteiger partial charge in [-0.05, 0) is 31.2 Å². The van der Waals surface area contributed by atoms with Gasteiger partial charge in [-0.25, -0.2) is 9.97 Å². The van der Waals surface area contributed by atoms with Gasteiger partial charge in [0.1, 0.15) is 17.9 Å². The van der Waals surface area contributed by atoms with E-state index in [1.807, 2.05) is 48.5 Å². The summed E-state index contributed by atoms with van der Waals surface area (Å²) in [5.74, 6) is 1.58. The Hall–Kier alpha value is -2.35. The Balaban J connectivity index is 0.000000326. The summed E-state index contributed by atoms with van der Waals surface area (Å²) in [4.78, 5) is 8.56. The molecule has 0 aliphatic carbocycles. The van der Waals surface area contributed by atoms with E-state index in [-0.39, 0.29) is 6.10 Å². The largest absolute Gasteiger partial charge is 0.497 e. The molecule has 1 unspecified atom stereocenters. The monoisotopic (exact) mass is 358 g/mol. The van der Waals surface area contributed by atoms with Crippen LogP contribution < -0.4 is 14.8 Å². The number of thiol groups is 1. The van der Waals surface area contributed by atoms with Crippen LogP contribution in [0.4, 0.5) is 11.5 Å². The lowest BCUT2D eigenvalue weighted by Gasteiger charge is -2.08. The molecule has 2 aromatic carbocycles. The van der Waals surface area contributed by atoms with E-state index in [0.29, 0.717) is 6.54 Å². The van der Waals surface area contributed by atoms with E-state index >= 15 is 0 Å². The Morgan fingerprint density at radius 2 is 1.92 bits per heavy atom. The number of aliphatic hydroxyl groups excluding tert-OH is 1. The van der Waals surface area contributed by atoms with Crippen LogP contribution in [0.3, 0.4) is 0 Å². The number of aliphatic hydroxyl groups is 1. The third-order valence-corrected chi connectivity index (χ3v) is 3.45. The number of benzene rings is 2. The lowest BCUT2D eigenvalue weighted by Crippen LogP contribution is -2.15. The van der Waals surface area contributed by atoms with Crippen molar-refractivity contribution in [2.24, 2.45) is 0 Å². The average Bonchev–Trinajstić information content (AvgIpc) is 2.63. The first-order valence-electron chi connectivity index (χ1n) is 7.80. The lowest BCUT2D eigenvalue weighted by molar-refractivity contribution is 0.200. The number of aromatic nitrogens is 2. The highest BCUT2D eigenvalue weighted by Crippen LogP contribution is 2.25. The normalized spacial score (nSPS) is 11.4. The summed E-state index contributed by atoms with van der Waals surface area (Å²) in [6, 6.07) is 15.7. The van der Waals surface area contributed by atoms with Crippen molar-refractivity contribution in [2.45, 2.75) is 13.0 Å². The molecule has 1 aromatic heterocycles. The first-order valence-corrected chi connectivity index (χ1v) is 8.24. The molecule has 7 heteroatoms. The molecule has 0 bridgehead atoms. The summed E-state index contributed by atoms with van der Waals surface area (Å²) in [6.45, 7) is 2.24. The summed E-state index contributed by atoms with van der Waals surface area (Å²) >= 11 is 3.65. The van der Waals surface area contributed by atoms with Crippen LogP contribution in [0.1, 0.15) is 6.92 Å². The van der Waals surface area contributed by atoms with Gasteiger partial charge in [-0.1, -0.05) is 31.0 Å². The van der Waals surface area contributed by atoms with Crippen molar-refractivity contribution < 1.29 is 9.84 Å². The second-order valence-electron chi connectivity index (χ2n) is 5.31. The van der Waals surface area contributed by atoms with Gasteiger partial charge < -0.3 is 15.2 Å². The SMILES string of the molecule is CC(O)CNS.COc1ccc2c(Nc3ccccc3)ncnc2c1. The molecule has 0 spiro atoms. The molecule has 0 saturated carbocycles. The fourth-order valence-electron chi connectivity index (χ4n) is 2.05. The van der Waals surface area contributed by atoms with E-state index < -0.39 is 0 Å². The second-order valence-corrected chi connectivity index (χ2v) is 5.62. The Labute approximate surface area is 152 Å². The van der Waals surface area contributed by atoms with Crippen LogP contribution in [0, 0.1) is 0 Å². The number of rotatable bonds is 5. The first-order chi connectivity index (χ1) is 12.1. The summed E-state index contributed by atoms with van der Waals surface area (Å²) in [5.41, 5.74) is 1.85. The lowest BCUT2D eigenvalue weighted by atomic mass is 10.2. The standard InChI is InChI=1S/C15H13N3O.C3H9NOS/c1-19-12-7-8-13-14(9-12)16-10-17-15(13)18-11-5-3-2-4-6-11;1-3(5)2-4-6/h2-10H,1H3,(H,16,17,18);3-6H,2H2,1H3. The fraction of sp³-hybridized carbons (Fsp3) is 0.222. The molecule has 132 valence electrons. The Morgan fingerprint density at radius 3 is 2.52 bits per heavy atom. The number of fused-ring (bicyclic) bond motifs is 1. The van der Waals surface area contributed by atoms with Crippen LogP contribution in [0.15, 0.2) is 54.9 Å². The van der Waals surface area contributed by atoms with Gasteiger partial charge in [0.2, 0.25) is 0 Å². The van der Waals surface area contributed by atoms with E-state index in [2.05, 4.69) is 32.8 Å². The molecule has 3 N–H and O–H groups in total. The number of anilines is 2. The molecular weight excluding hydrogens is 336 g/mol. The second kappa shape index (κ2) is 9.83. The van der Waals surface area contributed by atoms with Crippen molar-refractivity contribution in [3.8, 4) is 5.75 Å². The van der Waals surface area contributed by atoms with Crippen LogP contribution in [-0.2, 0) is 0 Å². The van der Waals surface area contributed by atoms with E-state index in [1.165, 1.54) is 0 Å². The summed E-state index contributed by atoms with van der Waals surface area (Å²) in [5, 5.41) is 12.7. The highest BCUT2D eigenvalue weighted by atomic mass is 32.1. The number of methoxy groups -OCH3 is 1. The third kappa shape index (κ3) is 5.90. The van der Waals surface area contributed by atoms with Crippen molar-refractivity contribution in [3.63, 3.8) is 0 Å². The summed E-state index contributed by atoms with van der Waals surface area (Å²) < 4.78 is 7.71. The van der Waals surface area contributed by atoms with Gasteiger partial charge in [-0.2, -0.15) is 0 Å². The zero-order chi connectivity index (χ0) is 18.1. The van der Waals surface area contributed by atoms with Crippen molar-refractivity contribution in [1.29, 1.82) is 0 Å². The van der Waals surface area contributed by atoms with Crippen LogP contribution in [-0.4, -0.2) is 34.8 Å². The van der Waals surface area contributed by atoms with Gasteiger partial charge in [-0.15, -0.1) is 0 Å². The Kier molecular flexibility index (Phi) is 7.46. The number of hydrogen-bond acceptors (Lipinski definition) is 7. The minimum atomic E-state index is -0.289. The number of para-hydroxylation sites is 1. The Morgan fingerprint density at radius 1 is 1.16 bits per heavy atom. The molecule has 1 heterocycles. The van der Waals surface area contributed by atoms with Crippen LogP contribution in [0.2, 0.25) is 0 Å². The number of ether oxygens (including phenoxy) is 1. The third-order valence-electron chi connectivity index (χ3n) is 3.27. The molecule has 0 radical (unpaired) electrons. The van der Waals surface area contributed by atoms with Crippen molar-refractivity contribution in [1.82, 2.24) is 14.7 Å². The van der Waals surface area contributed by atoms with Crippen LogP contribution >= 0.6 is 12.8 Å². The molecule has 3 rings (SSSR count). The van der Waals surface area contributed by atoms with Gasteiger partial charge in [0.25, 0.3) is 0 Å². The van der Waals surface area contributed by atoms with Crippen molar-refractivity contribution in [3.05, 3.63) is 54.9 Å². The fourth-order valence-corrected chi connectivity index (χ4v) is 2.32. The minimum Gasteiger partial charge on any atom is -0.497 e. The van der Waals surface area contributed by atoms with Crippen LogP contribution in [0.5, 0.6) is 5.75 Å². The summed E-state index contributed by atoms with van der Waals surface area (Å²) in [6.07, 6.45) is 1.26. The quantitative estimate of drug-likeness (QED) is 0.525. The van der Waals surface area contributed by atoms with E-state index in [0.717, 1.165) is 28.2 Å². The van der Waals surface area contributed by atoms with Gasteiger partial charge in [-0.3, -0.25) is 4.72 Å². The van der Waals surface area contributed by atoms with E-state index in [1.54, 1.807) is 20.4 Å². The maximum absolute atomic E-state index is 8.44. The maximum Gasteiger partial charge on any atom is 0.141 e. The molecule has 3 aromatic rings. The van der Waals surface area contributed by atoms with E-state index in [4.69, 9.17) is 9.84 Å². The molecule has 1 atom stereocenters. The van der Waals surface area contributed by atoms with Crippen molar-refractivity contribution >= 4 is 35.2 Å². The maximum atomic E-state index is 8.44. The van der Waals surface area contributed by atoms with Gasteiger partial charge >= 0.3 is 0 Å². The smallest absolute Gasteiger partial charge is 0.141 e. The number of nitrogens with zero attached hydrogens (tertiary/aromatic N) is 2. The molecule has 0 saturated heterocycles. The summed E-state index contributed by atoms with van der Waals surface area (Å²) in [7, 11) is 1.64. The number of nitrogens with one attached hydrogen (secondary N) is 2. The van der Waals surface area contributed by atoms with Crippen molar-refractivity contribution in [2.75, 3.05) is 19.0 Å². The highest BCUT2D eigenvalue weighted by molar-refractivity contribution is 7.78. The van der Waals surface area contributed by atoms with Gasteiger partial charge in [0.15, 0.2) is 0 Å². The highest BCUT2D eigenvalue weighted by Gasteiger charge is 2.05. The zero-order valence-electron chi connectivity index (χ0n) is 14.2. The molecule has 0 aliphatic heterocycles. The predicted molar refractivity (Wildman–Crippen MR) is 104 cm³/mol. The molecule has 0 amide bonds. The molecule has 25 heavy (non-hydrogen) atoms. The minimum absolute atomic E-state index is 0.289.